The van der Waals surface area contributed by atoms with Crippen LogP contribution in [0.4, 0.5) is 0 Å². The molecule has 0 aromatic carbocycles. The van der Waals surface area contributed by atoms with E-state index in [4.69, 9.17) is 16.6 Å². The summed E-state index contributed by atoms with van der Waals surface area (Å²) in [5.74, 6) is 1.99. The topological polar surface area (TPSA) is 57.6 Å². The van der Waals surface area contributed by atoms with Crippen LogP contribution in [0.2, 0.25) is 0 Å². The summed E-state index contributed by atoms with van der Waals surface area (Å²) in [6.07, 6.45) is 7.47. The Bertz CT molecular complexity index is 509. The zero-order valence-electron chi connectivity index (χ0n) is 8.77. The van der Waals surface area contributed by atoms with Gasteiger partial charge in [-0.25, -0.2) is 5.10 Å². The Morgan fingerprint density at radius 1 is 1.56 bits per heavy atom. The molecule has 0 spiro atoms. The predicted molar refractivity (Wildman–Crippen MR) is 61.6 cm³/mol. The molecule has 1 fully saturated rings. The first-order chi connectivity index (χ1) is 7.83. The van der Waals surface area contributed by atoms with Gasteiger partial charge in [-0.05, 0) is 48.5 Å². The molecule has 0 radical (unpaired) electrons. The quantitative estimate of drug-likeness (QED) is 0.801. The van der Waals surface area contributed by atoms with Crippen molar-refractivity contribution in [3.63, 3.8) is 0 Å². The van der Waals surface area contributed by atoms with Crippen molar-refractivity contribution in [2.24, 2.45) is 5.92 Å². The van der Waals surface area contributed by atoms with Gasteiger partial charge in [0.15, 0.2) is 0 Å². The Morgan fingerprint density at radius 3 is 3.00 bits per heavy atom. The molecule has 1 aliphatic rings. The van der Waals surface area contributed by atoms with Crippen LogP contribution in [-0.2, 0) is 6.42 Å². The van der Waals surface area contributed by atoms with Crippen LogP contribution in [0.5, 0.6) is 0 Å². The van der Waals surface area contributed by atoms with Crippen LogP contribution in [0, 0.1) is 10.8 Å². The van der Waals surface area contributed by atoms with Gasteiger partial charge >= 0.3 is 0 Å². The summed E-state index contributed by atoms with van der Waals surface area (Å²) in [5.41, 5.74) is 1.34. The molecule has 5 heteroatoms. The van der Waals surface area contributed by atoms with E-state index in [1.54, 1.807) is 0 Å². The second kappa shape index (κ2) is 3.90. The van der Waals surface area contributed by atoms with Crippen molar-refractivity contribution in [1.29, 1.82) is 0 Å². The van der Waals surface area contributed by atoms with Crippen molar-refractivity contribution in [3.8, 4) is 0 Å². The van der Waals surface area contributed by atoms with Gasteiger partial charge in [-0.15, -0.1) is 5.10 Å². The summed E-state index contributed by atoms with van der Waals surface area (Å²) >= 11 is 4.88. The Balaban J connectivity index is 1.82. The largest absolute Gasteiger partial charge is 0.414 e. The number of hydrogen-bond acceptors (Lipinski definition) is 3. The maximum atomic E-state index is 5.33. The molecular formula is C11H13N3OS. The SMILES string of the molecule is S=c1[nH]nc(CC(c2cc[nH]c2)C2CC2)o1. The highest BCUT2D eigenvalue weighted by Gasteiger charge is 2.33. The molecule has 2 aromatic rings. The molecule has 1 unspecified atom stereocenters. The third-order valence-corrected chi connectivity index (χ3v) is 3.29. The van der Waals surface area contributed by atoms with Gasteiger partial charge in [0, 0.05) is 18.8 Å². The Labute approximate surface area is 98.1 Å². The van der Waals surface area contributed by atoms with Crippen molar-refractivity contribution in [2.75, 3.05) is 0 Å². The summed E-state index contributed by atoms with van der Waals surface area (Å²) in [4.78, 5) is 3.46. The molecule has 0 aliphatic heterocycles. The molecule has 0 bridgehead atoms. The number of rotatable bonds is 4. The molecule has 16 heavy (non-hydrogen) atoms. The van der Waals surface area contributed by atoms with E-state index in [0.29, 0.717) is 16.6 Å². The highest BCUT2D eigenvalue weighted by molar-refractivity contribution is 7.71. The van der Waals surface area contributed by atoms with Crippen LogP contribution >= 0.6 is 12.2 Å². The Hall–Kier alpha value is -1.36. The van der Waals surface area contributed by atoms with E-state index in [1.165, 1.54) is 18.4 Å². The summed E-state index contributed by atoms with van der Waals surface area (Å²) in [6, 6.07) is 2.13. The molecule has 2 heterocycles. The summed E-state index contributed by atoms with van der Waals surface area (Å²) in [7, 11) is 0. The third kappa shape index (κ3) is 1.95. The Kier molecular flexibility index (Phi) is 2.40. The molecule has 4 nitrogen and oxygen atoms in total. The van der Waals surface area contributed by atoms with Crippen molar-refractivity contribution in [1.82, 2.24) is 15.2 Å². The Morgan fingerprint density at radius 2 is 2.44 bits per heavy atom. The van der Waals surface area contributed by atoms with Gasteiger partial charge in [-0.2, -0.15) is 0 Å². The van der Waals surface area contributed by atoms with Gasteiger partial charge < -0.3 is 9.40 Å². The van der Waals surface area contributed by atoms with E-state index < -0.39 is 0 Å². The van der Waals surface area contributed by atoms with Crippen molar-refractivity contribution in [2.45, 2.75) is 25.2 Å². The average molecular weight is 235 g/mol. The van der Waals surface area contributed by atoms with Gasteiger partial charge in [0.25, 0.3) is 4.84 Å². The van der Waals surface area contributed by atoms with Crippen LogP contribution in [0.1, 0.15) is 30.2 Å². The number of aromatic nitrogens is 3. The number of nitrogens with one attached hydrogen (secondary N) is 2. The van der Waals surface area contributed by atoms with E-state index in [1.807, 2.05) is 6.20 Å². The number of H-pyrrole nitrogens is 2. The minimum Gasteiger partial charge on any atom is -0.414 e. The standard InChI is InChI=1S/C11H13N3OS/c16-11-14-13-10(15-11)5-9(7-1-2-7)8-3-4-12-6-8/h3-4,6-7,9,12H,1-2,5H2,(H,14,16). The lowest BCUT2D eigenvalue weighted by Crippen LogP contribution is -2.04. The van der Waals surface area contributed by atoms with Crippen LogP contribution in [0.15, 0.2) is 22.9 Å². The van der Waals surface area contributed by atoms with Crippen LogP contribution in [-0.4, -0.2) is 15.2 Å². The van der Waals surface area contributed by atoms with E-state index >= 15 is 0 Å². The summed E-state index contributed by atoms with van der Waals surface area (Å²) in [6.45, 7) is 0. The summed E-state index contributed by atoms with van der Waals surface area (Å²) < 4.78 is 5.33. The molecule has 3 rings (SSSR count). The normalized spacial score (nSPS) is 17.5. The first-order valence-electron chi connectivity index (χ1n) is 5.50. The molecule has 1 aliphatic carbocycles. The molecule has 0 amide bonds. The van der Waals surface area contributed by atoms with Gasteiger partial charge in [0.2, 0.25) is 5.89 Å². The maximum Gasteiger partial charge on any atom is 0.284 e. The molecule has 1 atom stereocenters. The fourth-order valence-corrected chi connectivity index (χ4v) is 2.30. The number of hydrogen-bond donors (Lipinski definition) is 2. The van der Waals surface area contributed by atoms with E-state index in [2.05, 4.69) is 27.4 Å². The van der Waals surface area contributed by atoms with Crippen LogP contribution in [0.3, 0.4) is 0 Å². The van der Waals surface area contributed by atoms with Gasteiger partial charge in [0.1, 0.15) is 0 Å². The van der Waals surface area contributed by atoms with Gasteiger partial charge in [0.05, 0.1) is 0 Å². The lowest BCUT2D eigenvalue weighted by atomic mass is 9.93. The van der Waals surface area contributed by atoms with Gasteiger partial charge in [-0.1, -0.05) is 0 Å². The first-order valence-corrected chi connectivity index (χ1v) is 5.91. The molecular weight excluding hydrogens is 222 g/mol. The maximum absolute atomic E-state index is 5.33. The van der Waals surface area contributed by atoms with Crippen LogP contribution < -0.4 is 0 Å². The lowest BCUT2D eigenvalue weighted by Gasteiger charge is -2.11. The van der Waals surface area contributed by atoms with Crippen molar-refractivity contribution in [3.05, 3.63) is 34.8 Å². The highest BCUT2D eigenvalue weighted by atomic mass is 32.1. The van der Waals surface area contributed by atoms with Crippen molar-refractivity contribution < 1.29 is 4.42 Å². The average Bonchev–Trinajstić information content (AvgIpc) is 2.80. The van der Waals surface area contributed by atoms with E-state index in [9.17, 15) is 0 Å². The fourth-order valence-electron chi connectivity index (χ4n) is 2.16. The molecule has 2 N–H and O–H groups in total. The zero-order chi connectivity index (χ0) is 11.0. The lowest BCUT2D eigenvalue weighted by molar-refractivity contribution is 0.446. The second-order valence-electron chi connectivity index (χ2n) is 4.30. The third-order valence-electron chi connectivity index (χ3n) is 3.12. The van der Waals surface area contributed by atoms with Gasteiger partial charge in [-0.3, -0.25) is 0 Å². The number of aromatic amines is 2. The minimum atomic E-state index is 0.360. The van der Waals surface area contributed by atoms with Crippen molar-refractivity contribution >= 4 is 12.2 Å². The molecule has 0 saturated heterocycles. The highest BCUT2D eigenvalue weighted by Crippen LogP contribution is 2.44. The first kappa shape index (κ1) is 9.84. The molecule has 1 saturated carbocycles. The van der Waals surface area contributed by atoms with E-state index in [-0.39, 0.29) is 0 Å². The monoisotopic (exact) mass is 235 g/mol. The van der Waals surface area contributed by atoms with E-state index in [0.717, 1.165) is 12.3 Å². The molecule has 84 valence electrons. The number of nitrogens with zero attached hydrogens (tertiary/aromatic N) is 1. The molecule has 2 aromatic heterocycles. The fraction of sp³-hybridized carbons (Fsp3) is 0.455. The second-order valence-corrected chi connectivity index (χ2v) is 4.67. The van der Waals surface area contributed by atoms with Crippen LogP contribution in [0.25, 0.3) is 0 Å². The zero-order valence-corrected chi connectivity index (χ0v) is 9.59. The smallest absolute Gasteiger partial charge is 0.284 e. The summed E-state index contributed by atoms with van der Waals surface area (Å²) in [5, 5.41) is 6.74. The minimum absolute atomic E-state index is 0.360. The predicted octanol–water partition coefficient (Wildman–Crippen LogP) is 2.80.